The van der Waals surface area contributed by atoms with Crippen molar-refractivity contribution >= 4 is 21.4 Å². The second kappa shape index (κ2) is 6.08. The Morgan fingerprint density at radius 1 is 1.12 bits per heavy atom. The molecule has 1 heterocycles. The summed E-state index contributed by atoms with van der Waals surface area (Å²) < 4.78 is 28.9. The highest BCUT2D eigenvalue weighted by Gasteiger charge is 2.19. The lowest BCUT2D eigenvalue weighted by molar-refractivity contribution is -0.385. The SMILES string of the molecule is O=[N+]([O-])c1cccc(S(=O)(=O)Nc2ccccc2-n2ccnn2)c1. The van der Waals surface area contributed by atoms with E-state index in [-0.39, 0.29) is 16.3 Å². The van der Waals surface area contributed by atoms with Crippen LogP contribution in [0.25, 0.3) is 5.69 Å². The van der Waals surface area contributed by atoms with E-state index in [1.54, 1.807) is 30.5 Å². The fourth-order valence-corrected chi connectivity index (χ4v) is 3.18. The first kappa shape index (κ1) is 15.6. The number of hydrogen-bond acceptors (Lipinski definition) is 6. The van der Waals surface area contributed by atoms with Gasteiger partial charge in [-0.25, -0.2) is 13.1 Å². The summed E-state index contributed by atoms with van der Waals surface area (Å²) in [7, 11) is -4.00. The van der Waals surface area contributed by atoms with Crippen molar-refractivity contribution in [2.45, 2.75) is 4.90 Å². The highest BCUT2D eigenvalue weighted by atomic mass is 32.2. The van der Waals surface area contributed by atoms with Crippen molar-refractivity contribution in [2.75, 3.05) is 4.72 Å². The molecular weight excluding hydrogens is 334 g/mol. The van der Waals surface area contributed by atoms with Gasteiger partial charge in [0.25, 0.3) is 15.7 Å². The van der Waals surface area contributed by atoms with Crippen molar-refractivity contribution in [1.29, 1.82) is 0 Å². The van der Waals surface area contributed by atoms with Crippen LogP contribution in [0, 0.1) is 10.1 Å². The zero-order chi connectivity index (χ0) is 17.2. The molecule has 0 bridgehead atoms. The zero-order valence-electron chi connectivity index (χ0n) is 12.1. The van der Waals surface area contributed by atoms with Crippen molar-refractivity contribution < 1.29 is 13.3 Å². The van der Waals surface area contributed by atoms with Crippen LogP contribution >= 0.6 is 0 Å². The molecule has 0 aliphatic carbocycles. The molecule has 0 saturated heterocycles. The van der Waals surface area contributed by atoms with Crippen LogP contribution in [0.4, 0.5) is 11.4 Å². The summed E-state index contributed by atoms with van der Waals surface area (Å²) in [6.07, 6.45) is 3.03. The van der Waals surface area contributed by atoms with E-state index in [0.717, 1.165) is 6.07 Å². The van der Waals surface area contributed by atoms with Crippen molar-refractivity contribution in [3.8, 4) is 5.69 Å². The predicted octanol–water partition coefficient (Wildman–Crippen LogP) is 1.98. The van der Waals surface area contributed by atoms with Gasteiger partial charge in [0, 0.05) is 12.1 Å². The van der Waals surface area contributed by atoms with Gasteiger partial charge in [-0.3, -0.25) is 14.8 Å². The highest BCUT2D eigenvalue weighted by Crippen LogP contribution is 2.24. The predicted molar refractivity (Wildman–Crippen MR) is 85.3 cm³/mol. The first-order valence-corrected chi connectivity index (χ1v) is 8.19. The van der Waals surface area contributed by atoms with E-state index in [1.165, 1.54) is 29.1 Å². The molecule has 0 spiro atoms. The largest absolute Gasteiger partial charge is 0.277 e. The molecule has 3 rings (SSSR count). The van der Waals surface area contributed by atoms with Gasteiger partial charge in [0.2, 0.25) is 0 Å². The summed E-state index contributed by atoms with van der Waals surface area (Å²) in [6.45, 7) is 0. The summed E-state index contributed by atoms with van der Waals surface area (Å²) in [5.74, 6) is 0. The summed E-state index contributed by atoms with van der Waals surface area (Å²) in [5.41, 5.74) is 0.445. The Balaban J connectivity index is 1.99. The van der Waals surface area contributed by atoms with Crippen LogP contribution in [-0.2, 0) is 10.0 Å². The molecule has 2 aromatic carbocycles. The highest BCUT2D eigenvalue weighted by molar-refractivity contribution is 7.92. The zero-order valence-corrected chi connectivity index (χ0v) is 12.9. The number of rotatable bonds is 5. The van der Waals surface area contributed by atoms with E-state index < -0.39 is 14.9 Å². The molecule has 0 atom stereocenters. The number of nitro benzene ring substituents is 1. The third kappa shape index (κ3) is 3.08. The summed E-state index contributed by atoms with van der Waals surface area (Å²) >= 11 is 0. The molecule has 0 fully saturated rings. The molecule has 1 N–H and O–H groups in total. The number of non-ortho nitro benzene ring substituents is 1. The molecule has 3 aromatic rings. The molecule has 0 radical (unpaired) electrons. The van der Waals surface area contributed by atoms with Crippen LogP contribution in [-0.4, -0.2) is 28.3 Å². The Kier molecular flexibility index (Phi) is 3.96. The Bertz CT molecular complexity index is 986. The lowest BCUT2D eigenvalue weighted by Crippen LogP contribution is -2.15. The number of nitrogens with one attached hydrogen (secondary N) is 1. The van der Waals surface area contributed by atoms with Crippen molar-refractivity contribution in [1.82, 2.24) is 15.0 Å². The van der Waals surface area contributed by atoms with Crippen molar-refractivity contribution in [3.05, 3.63) is 71.0 Å². The van der Waals surface area contributed by atoms with Crippen LogP contribution < -0.4 is 4.72 Å². The fourth-order valence-electron chi connectivity index (χ4n) is 2.06. The topological polar surface area (TPSA) is 120 Å². The minimum atomic E-state index is -4.00. The van der Waals surface area contributed by atoms with Crippen molar-refractivity contribution in [3.63, 3.8) is 0 Å². The molecular formula is C14H11N5O4S. The number of benzene rings is 2. The summed E-state index contributed by atoms with van der Waals surface area (Å²) in [6, 6.07) is 11.4. The standard InChI is InChI=1S/C14H11N5O4S/c20-19(21)11-4-3-5-12(10-11)24(22,23)16-13-6-1-2-7-14(13)18-9-8-15-17-18/h1-10,16H. The molecule has 24 heavy (non-hydrogen) atoms. The molecule has 0 aliphatic rings. The lowest BCUT2D eigenvalue weighted by atomic mass is 10.3. The van der Waals surface area contributed by atoms with E-state index in [0.29, 0.717) is 5.69 Å². The molecule has 0 amide bonds. The number of para-hydroxylation sites is 2. The maximum Gasteiger partial charge on any atom is 0.270 e. The van der Waals surface area contributed by atoms with Gasteiger partial charge in [0.15, 0.2) is 0 Å². The number of anilines is 1. The number of hydrogen-bond donors (Lipinski definition) is 1. The van der Waals surface area contributed by atoms with E-state index in [1.807, 2.05) is 0 Å². The van der Waals surface area contributed by atoms with Crippen LogP contribution in [0.2, 0.25) is 0 Å². The molecule has 9 nitrogen and oxygen atoms in total. The van der Waals surface area contributed by atoms with Crippen LogP contribution in [0.3, 0.4) is 0 Å². The minimum Gasteiger partial charge on any atom is -0.277 e. The first-order valence-electron chi connectivity index (χ1n) is 6.70. The summed E-state index contributed by atoms with van der Waals surface area (Å²) in [4.78, 5) is 9.97. The Labute approximate surface area is 136 Å². The van der Waals surface area contributed by atoms with E-state index in [2.05, 4.69) is 15.0 Å². The van der Waals surface area contributed by atoms with E-state index >= 15 is 0 Å². The minimum absolute atomic E-state index is 0.204. The van der Waals surface area contributed by atoms with Gasteiger partial charge in [-0.05, 0) is 18.2 Å². The fraction of sp³-hybridized carbons (Fsp3) is 0. The van der Waals surface area contributed by atoms with Crippen LogP contribution in [0.1, 0.15) is 0 Å². The number of aromatic nitrogens is 3. The van der Waals surface area contributed by atoms with Gasteiger partial charge in [0.05, 0.1) is 33.6 Å². The van der Waals surface area contributed by atoms with Gasteiger partial charge in [-0.1, -0.05) is 23.4 Å². The van der Waals surface area contributed by atoms with Crippen LogP contribution in [0.5, 0.6) is 0 Å². The second-order valence-electron chi connectivity index (χ2n) is 4.72. The molecule has 0 aliphatic heterocycles. The van der Waals surface area contributed by atoms with Gasteiger partial charge in [0.1, 0.15) is 0 Å². The Morgan fingerprint density at radius 3 is 2.62 bits per heavy atom. The van der Waals surface area contributed by atoms with Gasteiger partial charge < -0.3 is 0 Å². The number of sulfonamides is 1. The Morgan fingerprint density at radius 2 is 1.92 bits per heavy atom. The quantitative estimate of drug-likeness (QED) is 0.557. The molecule has 122 valence electrons. The smallest absolute Gasteiger partial charge is 0.270 e. The maximum absolute atomic E-state index is 12.5. The molecule has 0 saturated carbocycles. The van der Waals surface area contributed by atoms with E-state index in [9.17, 15) is 18.5 Å². The van der Waals surface area contributed by atoms with E-state index in [4.69, 9.17) is 0 Å². The third-order valence-corrected chi connectivity index (χ3v) is 4.52. The molecule has 0 unspecified atom stereocenters. The average Bonchev–Trinajstić information content (AvgIpc) is 3.09. The third-order valence-electron chi connectivity index (χ3n) is 3.16. The number of nitro groups is 1. The van der Waals surface area contributed by atoms with Gasteiger partial charge >= 0.3 is 0 Å². The second-order valence-corrected chi connectivity index (χ2v) is 6.41. The first-order chi connectivity index (χ1) is 11.5. The maximum atomic E-state index is 12.5. The van der Waals surface area contributed by atoms with Crippen LogP contribution in [0.15, 0.2) is 65.8 Å². The number of nitrogens with zero attached hydrogens (tertiary/aromatic N) is 4. The van der Waals surface area contributed by atoms with Gasteiger partial charge in [-0.15, -0.1) is 5.10 Å². The monoisotopic (exact) mass is 345 g/mol. The molecule has 1 aromatic heterocycles. The molecule has 10 heteroatoms. The normalized spacial score (nSPS) is 11.2. The Hall–Kier alpha value is -3.27. The summed E-state index contributed by atoms with van der Waals surface area (Å²) in [5, 5.41) is 18.3. The van der Waals surface area contributed by atoms with Gasteiger partial charge in [-0.2, -0.15) is 0 Å². The lowest BCUT2D eigenvalue weighted by Gasteiger charge is -2.12. The van der Waals surface area contributed by atoms with Crippen molar-refractivity contribution in [2.24, 2.45) is 0 Å². The average molecular weight is 345 g/mol.